The predicted octanol–water partition coefficient (Wildman–Crippen LogP) is 2.80. The summed E-state index contributed by atoms with van der Waals surface area (Å²) in [6.45, 7) is 12.7. The van der Waals surface area contributed by atoms with E-state index in [1.807, 2.05) is 11.9 Å². The molecule has 24 heavy (non-hydrogen) atoms. The van der Waals surface area contributed by atoms with Crippen molar-refractivity contribution in [1.82, 2.24) is 14.8 Å². The van der Waals surface area contributed by atoms with E-state index >= 15 is 0 Å². The van der Waals surface area contributed by atoms with E-state index in [0.717, 1.165) is 30.2 Å². The van der Waals surface area contributed by atoms with E-state index in [1.165, 1.54) is 0 Å². The average Bonchev–Trinajstić information content (AvgIpc) is 2.93. The third-order valence-corrected chi connectivity index (χ3v) is 5.44. The number of likely N-dealkylation sites (N-methyl/N-ethyl adjacent to an activating group) is 1. The first-order valence-electron chi connectivity index (χ1n) is 8.89. The van der Waals surface area contributed by atoms with Crippen molar-refractivity contribution in [1.29, 1.82) is 0 Å². The molecule has 1 aromatic rings. The van der Waals surface area contributed by atoms with Gasteiger partial charge < -0.3 is 9.64 Å². The second-order valence-corrected chi connectivity index (χ2v) is 8.12. The fourth-order valence-electron chi connectivity index (χ4n) is 3.44. The Kier molecular flexibility index (Phi) is 6.78. The van der Waals surface area contributed by atoms with Gasteiger partial charge >= 0.3 is 0 Å². The summed E-state index contributed by atoms with van der Waals surface area (Å²) in [5.41, 5.74) is 0.985. The molecule has 5 nitrogen and oxygen atoms in total. The van der Waals surface area contributed by atoms with Gasteiger partial charge in [0, 0.05) is 25.5 Å². The van der Waals surface area contributed by atoms with Crippen LogP contribution in [0, 0.1) is 5.92 Å². The summed E-state index contributed by atoms with van der Waals surface area (Å²) in [6, 6.07) is -0.104. The number of aromatic nitrogens is 1. The van der Waals surface area contributed by atoms with E-state index in [1.54, 1.807) is 11.3 Å². The number of amides is 1. The molecule has 1 aromatic heterocycles. The largest absolute Gasteiger partial charge is 0.373 e. The molecule has 1 saturated heterocycles. The van der Waals surface area contributed by atoms with Crippen molar-refractivity contribution in [2.24, 2.45) is 5.92 Å². The van der Waals surface area contributed by atoms with Gasteiger partial charge in [0.1, 0.15) is 0 Å². The molecule has 0 bridgehead atoms. The molecule has 2 heterocycles. The first-order chi connectivity index (χ1) is 11.3. The molecule has 1 amide bonds. The molecule has 136 valence electrons. The van der Waals surface area contributed by atoms with E-state index in [0.29, 0.717) is 6.54 Å². The number of ether oxygens (including phenoxy) is 1. The lowest BCUT2D eigenvalue weighted by molar-refractivity contribution is -0.144. The van der Waals surface area contributed by atoms with E-state index in [2.05, 4.69) is 49.9 Å². The quantitative estimate of drug-likeness (QED) is 0.789. The van der Waals surface area contributed by atoms with Gasteiger partial charge in [0.05, 0.1) is 35.5 Å². The molecule has 0 aliphatic carbocycles. The van der Waals surface area contributed by atoms with Gasteiger partial charge in [-0.2, -0.15) is 0 Å². The van der Waals surface area contributed by atoms with Gasteiger partial charge in [-0.15, -0.1) is 11.3 Å². The topological polar surface area (TPSA) is 45.7 Å². The molecule has 0 spiro atoms. The zero-order valence-corrected chi connectivity index (χ0v) is 16.6. The number of nitrogens with zero attached hydrogens (tertiary/aromatic N) is 3. The minimum absolute atomic E-state index is 0.104. The molecule has 0 aromatic carbocycles. The van der Waals surface area contributed by atoms with Gasteiger partial charge in [-0.25, -0.2) is 4.98 Å². The van der Waals surface area contributed by atoms with Crippen LogP contribution in [0.15, 0.2) is 5.38 Å². The normalized spacial score (nSPS) is 23.5. The van der Waals surface area contributed by atoms with Crippen LogP contribution in [-0.4, -0.2) is 59.1 Å². The smallest absolute Gasteiger partial charge is 0.240 e. The lowest BCUT2D eigenvalue weighted by Crippen LogP contribution is -2.57. The second kappa shape index (κ2) is 8.41. The van der Waals surface area contributed by atoms with Gasteiger partial charge in [-0.1, -0.05) is 20.8 Å². The van der Waals surface area contributed by atoms with Crippen LogP contribution in [0.25, 0.3) is 0 Å². The van der Waals surface area contributed by atoms with Crippen molar-refractivity contribution in [3.8, 4) is 0 Å². The Balaban J connectivity index is 2.07. The molecule has 0 saturated carbocycles. The van der Waals surface area contributed by atoms with Gasteiger partial charge in [0.2, 0.25) is 5.91 Å². The van der Waals surface area contributed by atoms with Crippen molar-refractivity contribution in [2.75, 3.05) is 20.1 Å². The summed E-state index contributed by atoms with van der Waals surface area (Å²) in [5.74, 6) is 0.441. The van der Waals surface area contributed by atoms with Crippen molar-refractivity contribution < 1.29 is 9.53 Å². The predicted molar refractivity (Wildman–Crippen MR) is 98.2 cm³/mol. The maximum Gasteiger partial charge on any atom is 0.240 e. The molecular formula is C18H31N3O2S. The van der Waals surface area contributed by atoms with E-state index < -0.39 is 0 Å². The lowest BCUT2D eigenvalue weighted by Gasteiger charge is -2.42. The molecule has 1 fully saturated rings. The van der Waals surface area contributed by atoms with Gasteiger partial charge in [-0.05, 0) is 26.2 Å². The summed E-state index contributed by atoms with van der Waals surface area (Å²) < 4.78 is 5.82. The summed E-state index contributed by atoms with van der Waals surface area (Å²) in [7, 11) is 1.88. The standard InChI is InChI=1S/C18H31N3O2S/c1-7-16-19-15(11-24-16)10-20(6)18(22)17(12(2)3)21-8-13(4)23-14(5)9-21/h11-14,17H,7-10H2,1-6H3. The molecule has 0 radical (unpaired) electrons. The van der Waals surface area contributed by atoms with Crippen LogP contribution >= 0.6 is 11.3 Å². The Morgan fingerprint density at radius 3 is 2.54 bits per heavy atom. The molecular weight excluding hydrogens is 322 g/mol. The van der Waals surface area contributed by atoms with Gasteiger partial charge in [0.25, 0.3) is 0 Å². The molecule has 6 heteroatoms. The van der Waals surface area contributed by atoms with Crippen LogP contribution in [0.5, 0.6) is 0 Å². The highest BCUT2D eigenvalue weighted by Gasteiger charge is 2.35. The van der Waals surface area contributed by atoms with Gasteiger partial charge in [-0.3, -0.25) is 9.69 Å². The first kappa shape index (κ1) is 19.3. The highest BCUT2D eigenvalue weighted by molar-refractivity contribution is 7.09. The van der Waals surface area contributed by atoms with Crippen LogP contribution in [0.3, 0.4) is 0 Å². The van der Waals surface area contributed by atoms with Crippen LogP contribution in [0.4, 0.5) is 0 Å². The van der Waals surface area contributed by atoms with Crippen LogP contribution < -0.4 is 0 Å². The molecule has 2 rings (SSSR count). The zero-order valence-electron chi connectivity index (χ0n) is 15.8. The zero-order chi connectivity index (χ0) is 17.9. The third kappa shape index (κ3) is 4.77. The Labute approximate surface area is 150 Å². The van der Waals surface area contributed by atoms with Gasteiger partial charge in [0.15, 0.2) is 0 Å². The first-order valence-corrected chi connectivity index (χ1v) is 9.77. The van der Waals surface area contributed by atoms with Crippen molar-refractivity contribution >= 4 is 17.2 Å². The minimum Gasteiger partial charge on any atom is -0.373 e. The van der Waals surface area contributed by atoms with Crippen LogP contribution in [0.1, 0.15) is 45.3 Å². The van der Waals surface area contributed by atoms with Crippen molar-refractivity contribution in [3.05, 3.63) is 16.1 Å². The highest BCUT2D eigenvalue weighted by Crippen LogP contribution is 2.21. The second-order valence-electron chi connectivity index (χ2n) is 7.18. The van der Waals surface area contributed by atoms with E-state index in [4.69, 9.17) is 4.74 Å². The fourth-order valence-corrected chi connectivity index (χ4v) is 4.17. The van der Waals surface area contributed by atoms with E-state index in [-0.39, 0.29) is 30.1 Å². The Bertz CT molecular complexity index is 536. The Morgan fingerprint density at radius 2 is 2.04 bits per heavy atom. The number of hydrogen-bond acceptors (Lipinski definition) is 5. The number of carbonyl (C=O) groups is 1. The number of hydrogen-bond donors (Lipinski definition) is 0. The van der Waals surface area contributed by atoms with Crippen LogP contribution in [0.2, 0.25) is 0 Å². The molecule has 1 aliphatic rings. The molecule has 3 unspecified atom stereocenters. The summed E-state index contributed by atoms with van der Waals surface area (Å²) >= 11 is 1.67. The number of carbonyl (C=O) groups excluding carboxylic acids is 1. The summed E-state index contributed by atoms with van der Waals surface area (Å²) in [5, 5.41) is 3.19. The summed E-state index contributed by atoms with van der Waals surface area (Å²) in [6.07, 6.45) is 1.28. The Morgan fingerprint density at radius 1 is 1.42 bits per heavy atom. The lowest BCUT2D eigenvalue weighted by atomic mass is 9.99. The monoisotopic (exact) mass is 353 g/mol. The number of morpholine rings is 1. The third-order valence-electron chi connectivity index (χ3n) is 4.40. The number of aryl methyl sites for hydroxylation is 1. The van der Waals surface area contributed by atoms with Crippen molar-refractivity contribution in [2.45, 2.75) is 65.8 Å². The molecule has 3 atom stereocenters. The SMILES string of the molecule is CCc1nc(CN(C)C(=O)C(C(C)C)N2CC(C)OC(C)C2)cs1. The maximum atomic E-state index is 13.1. The fraction of sp³-hybridized carbons (Fsp3) is 0.778. The highest BCUT2D eigenvalue weighted by atomic mass is 32.1. The molecule has 1 aliphatic heterocycles. The molecule has 0 N–H and O–H groups in total. The number of thiazole rings is 1. The summed E-state index contributed by atoms with van der Waals surface area (Å²) in [4.78, 5) is 21.8. The van der Waals surface area contributed by atoms with Crippen LogP contribution in [-0.2, 0) is 22.5 Å². The average molecular weight is 354 g/mol. The van der Waals surface area contributed by atoms with E-state index in [9.17, 15) is 4.79 Å². The Hall–Kier alpha value is -0.980. The van der Waals surface area contributed by atoms with Crippen molar-refractivity contribution in [3.63, 3.8) is 0 Å². The minimum atomic E-state index is -0.104. The maximum absolute atomic E-state index is 13.1. The number of rotatable bonds is 6.